The summed E-state index contributed by atoms with van der Waals surface area (Å²) in [6.07, 6.45) is 1.67. The molecule has 0 bridgehead atoms. The summed E-state index contributed by atoms with van der Waals surface area (Å²) in [5.74, 6) is -0.689. The lowest BCUT2D eigenvalue weighted by molar-refractivity contribution is -0.115. The number of carbonyl (C=O) groups is 2. The number of aromatic nitrogens is 4. The van der Waals surface area contributed by atoms with Crippen LogP contribution in [0.5, 0.6) is 0 Å². The maximum atomic E-state index is 12.3. The smallest absolute Gasteiger partial charge is 0.340 e. The molecule has 0 saturated carbocycles. The van der Waals surface area contributed by atoms with E-state index in [-0.39, 0.29) is 18.9 Å². The molecule has 1 N–H and O–H groups in total. The fourth-order valence-electron chi connectivity index (χ4n) is 2.40. The zero-order valence-corrected chi connectivity index (χ0v) is 14.1. The highest BCUT2D eigenvalue weighted by molar-refractivity contribution is 6.01. The van der Waals surface area contributed by atoms with Gasteiger partial charge in [-0.3, -0.25) is 4.79 Å². The van der Waals surface area contributed by atoms with Crippen LogP contribution < -0.4 is 5.32 Å². The standard InChI is InChI=1S/C18H17N5O3/c1-2-26-18(25)15-5-3-4-6-16(15)20-17(24)11-13-7-9-14(10-8-13)23-12-19-21-22-23/h3-10,12H,2,11H2,1H3,(H,20,24). The van der Waals surface area contributed by atoms with E-state index < -0.39 is 5.97 Å². The van der Waals surface area contributed by atoms with Crippen LogP contribution in [0.25, 0.3) is 5.69 Å². The van der Waals surface area contributed by atoms with Gasteiger partial charge >= 0.3 is 5.97 Å². The molecule has 0 aliphatic heterocycles. The Bertz CT molecular complexity index is 891. The van der Waals surface area contributed by atoms with Crippen LogP contribution in [0, 0.1) is 0 Å². The number of anilines is 1. The zero-order chi connectivity index (χ0) is 18.4. The van der Waals surface area contributed by atoms with Gasteiger partial charge in [-0.25, -0.2) is 9.48 Å². The van der Waals surface area contributed by atoms with Gasteiger partial charge in [0.1, 0.15) is 6.33 Å². The summed E-state index contributed by atoms with van der Waals surface area (Å²) >= 11 is 0. The van der Waals surface area contributed by atoms with Gasteiger partial charge in [-0.05, 0) is 47.2 Å². The molecule has 0 atom stereocenters. The van der Waals surface area contributed by atoms with Gasteiger partial charge in [0.05, 0.1) is 30.0 Å². The Morgan fingerprint density at radius 2 is 1.88 bits per heavy atom. The number of carbonyl (C=O) groups excluding carboxylic acids is 2. The monoisotopic (exact) mass is 351 g/mol. The topological polar surface area (TPSA) is 99.0 Å². The van der Waals surface area contributed by atoms with Gasteiger partial charge in [-0.2, -0.15) is 0 Å². The van der Waals surface area contributed by atoms with E-state index >= 15 is 0 Å². The van der Waals surface area contributed by atoms with Gasteiger partial charge in [0.25, 0.3) is 0 Å². The molecule has 0 aliphatic carbocycles. The fraction of sp³-hybridized carbons (Fsp3) is 0.167. The van der Waals surface area contributed by atoms with Crippen LogP contribution >= 0.6 is 0 Å². The third kappa shape index (κ3) is 4.10. The highest BCUT2D eigenvalue weighted by Crippen LogP contribution is 2.17. The molecule has 3 rings (SSSR count). The molecule has 26 heavy (non-hydrogen) atoms. The largest absolute Gasteiger partial charge is 0.462 e. The first kappa shape index (κ1) is 17.3. The number of tetrazole rings is 1. The van der Waals surface area contributed by atoms with E-state index in [1.54, 1.807) is 31.2 Å². The molecule has 0 fully saturated rings. The van der Waals surface area contributed by atoms with Crippen molar-refractivity contribution in [2.75, 3.05) is 11.9 Å². The van der Waals surface area contributed by atoms with E-state index in [1.165, 1.54) is 11.0 Å². The molecular weight excluding hydrogens is 334 g/mol. The highest BCUT2D eigenvalue weighted by Gasteiger charge is 2.14. The molecule has 2 aromatic carbocycles. The number of hydrogen-bond donors (Lipinski definition) is 1. The average molecular weight is 351 g/mol. The summed E-state index contributed by atoms with van der Waals surface area (Å²) in [7, 11) is 0. The SMILES string of the molecule is CCOC(=O)c1ccccc1NC(=O)Cc1ccc(-n2cnnn2)cc1. The van der Waals surface area contributed by atoms with Gasteiger partial charge in [0, 0.05) is 0 Å². The molecule has 1 amide bonds. The first-order valence-electron chi connectivity index (χ1n) is 8.05. The van der Waals surface area contributed by atoms with E-state index in [1.807, 2.05) is 24.3 Å². The van der Waals surface area contributed by atoms with Gasteiger partial charge in [-0.1, -0.05) is 24.3 Å². The summed E-state index contributed by atoms with van der Waals surface area (Å²) in [4.78, 5) is 24.3. The van der Waals surface area contributed by atoms with Crippen molar-refractivity contribution < 1.29 is 14.3 Å². The minimum Gasteiger partial charge on any atom is -0.462 e. The predicted molar refractivity (Wildman–Crippen MR) is 93.9 cm³/mol. The average Bonchev–Trinajstić information content (AvgIpc) is 3.17. The number of para-hydroxylation sites is 1. The molecule has 8 heteroatoms. The minimum atomic E-state index is -0.464. The van der Waals surface area contributed by atoms with Crippen LogP contribution in [-0.4, -0.2) is 38.7 Å². The Labute approximate surface area is 149 Å². The first-order valence-corrected chi connectivity index (χ1v) is 8.05. The van der Waals surface area contributed by atoms with Crippen molar-refractivity contribution >= 4 is 17.6 Å². The maximum Gasteiger partial charge on any atom is 0.340 e. The second-order valence-electron chi connectivity index (χ2n) is 5.41. The Balaban J connectivity index is 1.67. The Hall–Kier alpha value is -3.55. The predicted octanol–water partition coefficient (Wildman–Crippen LogP) is 2.02. The van der Waals surface area contributed by atoms with Crippen molar-refractivity contribution in [3.8, 4) is 5.69 Å². The normalized spacial score (nSPS) is 10.3. The van der Waals surface area contributed by atoms with Gasteiger partial charge in [0.15, 0.2) is 0 Å². The van der Waals surface area contributed by atoms with Gasteiger partial charge < -0.3 is 10.1 Å². The van der Waals surface area contributed by atoms with Crippen molar-refractivity contribution in [3.63, 3.8) is 0 Å². The lowest BCUT2D eigenvalue weighted by Gasteiger charge is -2.10. The highest BCUT2D eigenvalue weighted by atomic mass is 16.5. The molecule has 0 saturated heterocycles. The quantitative estimate of drug-likeness (QED) is 0.682. The zero-order valence-electron chi connectivity index (χ0n) is 14.1. The number of hydrogen-bond acceptors (Lipinski definition) is 6. The van der Waals surface area contributed by atoms with Crippen molar-refractivity contribution in [2.45, 2.75) is 13.3 Å². The molecule has 3 aromatic rings. The molecule has 1 heterocycles. The summed E-state index contributed by atoms with van der Waals surface area (Å²) in [5, 5.41) is 13.7. The van der Waals surface area contributed by atoms with Crippen LogP contribution in [0.3, 0.4) is 0 Å². The van der Waals surface area contributed by atoms with Gasteiger partial charge in [-0.15, -0.1) is 5.10 Å². The second kappa shape index (κ2) is 8.02. The third-order valence-corrected chi connectivity index (χ3v) is 3.61. The number of ether oxygens (including phenoxy) is 1. The number of rotatable bonds is 6. The van der Waals surface area contributed by atoms with Crippen LogP contribution in [0.2, 0.25) is 0 Å². The number of nitrogens with zero attached hydrogens (tertiary/aromatic N) is 4. The Morgan fingerprint density at radius 1 is 1.12 bits per heavy atom. The number of benzene rings is 2. The first-order chi connectivity index (χ1) is 12.7. The minimum absolute atomic E-state index is 0.174. The molecular formula is C18H17N5O3. The molecule has 0 unspecified atom stereocenters. The molecule has 8 nitrogen and oxygen atoms in total. The summed E-state index contributed by atoms with van der Waals surface area (Å²) in [5.41, 5.74) is 2.39. The third-order valence-electron chi connectivity index (χ3n) is 3.61. The van der Waals surface area contributed by atoms with Crippen LogP contribution in [0.4, 0.5) is 5.69 Å². The number of nitrogens with one attached hydrogen (secondary N) is 1. The molecule has 0 spiro atoms. The second-order valence-corrected chi connectivity index (χ2v) is 5.41. The number of amides is 1. The summed E-state index contributed by atoms with van der Waals surface area (Å²) < 4.78 is 6.54. The summed E-state index contributed by atoms with van der Waals surface area (Å²) in [6, 6.07) is 14.1. The number of esters is 1. The van der Waals surface area contributed by atoms with E-state index in [4.69, 9.17) is 4.74 Å². The van der Waals surface area contributed by atoms with E-state index in [0.29, 0.717) is 11.3 Å². The molecule has 0 radical (unpaired) electrons. The van der Waals surface area contributed by atoms with Crippen molar-refractivity contribution in [1.82, 2.24) is 20.2 Å². The Kier molecular flexibility index (Phi) is 5.33. The van der Waals surface area contributed by atoms with Crippen molar-refractivity contribution in [3.05, 3.63) is 66.0 Å². The van der Waals surface area contributed by atoms with Gasteiger partial charge in [0.2, 0.25) is 5.91 Å². The van der Waals surface area contributed by atoms with E-state index in [2.05, 4.69) is 20.8 Å². The van der Waals surface area contributed by atoms with Crippen LogP contribution in [-0.2, 0) is 16.0 Å². The molecule has 132 valence electrons. The Morgan fingerprint density at radius 3 is 2.58 bits per heavy atom. The van der Waals surface area contributed by atoms with Crippen LogP contribution in [0.15, 0.2) is 54.9 Å². The van der Waals surface area contributed by atoms with Crippen LogP contribution in [0.1, 0.15) is 22.8 Å². The van der Waals surface area contributed by atoms with Crippen molar-refractivity contribution in [1.29, 1.82) is 0 Å². The van der Waals surface area contributed by atoms with Crippen molar-refractivity contribution in [2.24, 2.45) is 0 Å². The summed E-state index contributed by atoms with van der Waals surface area (Å²) in [6.45, 7) is 2.01. The van der Waals surface area contributed by atoms with E-state index in [9.17, 15) is 9.59 Å². The maximum absolute atomic E-state index is 12.3. The van der Waals surface area contributed by atoms with E-state index in [0.717, 1.165) is 11.3 Å². The fourth-order valence-corrected chi connectivity index (χ4v) is 2.40. The lowest BCUT2D eigenvalue weighted by atomic mass is 10.1. The lowest BCUT2D eigenvalue weighted by Crippen LogP contribution is -2.17. The molecule has 1 aromatic heterocycles. The molecule has 0 aliphatic rings.